The molecule has 0 atom stereocenters. The van der Waals surface area contributed by atoms with E-state index in [1.165, 1.54) is 12.0 Å². The summed E-state index contributed by atoms with van der Waals surface area (Å²) in [5, 5.41) is 0.611. The predicted octanol–water partition coefficient (Wildman–Crippen LogP) is 8.34. The first-order valence-electron chi connectivity index (χ1n) is 10.2. The Morgan fingerprint density at radius 2 is 1.69 bits per heavy atom. The summed E-state index contributed by atoms with van der Waals surface area (Å²) >= 11 is 19.9. The Balaban J connectivity index is 1.52. The summed E-state index contributed by atoms with van der Waals surface area (Å²) in [5.74, 6) is 0.636. The number of rotatable bonds is 7. The molecule has 0 bridgehead atoms. The van der Waals surface area contributed by atoms with Crippen molar-refractivity contribution < 1.29 is 19.1 Å². The topological polar surface area (TPSA) is 55.8 Å². The van der Waals surface area contributed by atoms with Gasteiger partial charge in [-0.1, -0.05) is 57.3 Å². The third-order valence-electron chi connectivity index (χ3n) is 5.04. The summed E-state index contributed by atoms with van der Waals surface area (Å²) in [4.78, 5) is 27.0. The van der Waals surface area contributed by atoms with Crippen molar-refractivity contribution in [3.05, 3.63) is 95.2 Å². The maximum Gasteiger partial charge on any atom is 0.293 e. The van der Waals surface area contributed by atoms with Gasteiger partial charge in [-0.25, -0.2) is 0 Å². The highest BCUT2D eigenvalue weighted by atomic mass is 79.9. The monoisotopic (exact) mass is 655 g/mol. The maximum atomic E-state index is 12.9. The van der Waals surface area contributed by atoms with Crippen LogP contribution in [0.15, 0.2) is 68.4 Å². The number of methoxy groups -OCH3 is 1. The molecule has 1 heterocycles. The average molecular weight is 658 g/mol. The lowest BCUT2D eigenvalue weighted by molar-refractivity contribution is -0.123. The molecule has 2 amide bonds. The van der Waals surface area contributed by atoms with Crippen LogP contribution in [0.2, 0.25) is 10.0 Å². The molecule has 0 aromatic heterocycles. The number of imide groups is 1. The number of hydrogen-bond donors (Lipinski definition) is 0. The van der Waals surface area contributed by atoms with Crippen molar-refractivity contribution in [2.75, 3.05) is 7.11 Å². The minimum Gasteiger partial charge on any atom is -0.493 e. The van der Waals surface area contributed by atoms with E-state index in [9.17, 15) is 9.59 Å². The molecule has 0 radical (unpaired) electrons. The van der Waals surface area contributed by atoms with Crippen LogP contribution in [0.4, 0.5) is 4.79 Å². The third-order valence-corrected chi connectivity index (χ3v) is 7.81. The zero-order valence-electron chi connectivity index (χ0n) is 18.2. The molecule has 1 fully saturated rings. The number of benzene rings is 3. The highest BCUT2D eigenvalue weighted by Crippen LogP contribution is 2.40. The van der Waals surface area contributed by atoms with Crippen LogP contribution in [-0.2, 0) is 17.9 Å². The zero-order valence-corrected chi connectivity index (χ0v) is 23.7. The zero-order chi connectivity index (χ0) is 25.1. The number of hydrogen-bond acceptors (Lipinski definition) is 5. The van der Waals surface area contributed by atoms with E-state index in [1.807, 2.05) is 30.3 Å². The minimum atomic E-state index is -0.335. The number of thioether (sulfide) groups is 1. The van der Waals surface area contributed by atoms with E-state index < -0.39 is 0 Å². The molecule has 1 aliphatic rings. The molecule has 0 N–H and O–H groups in total. The molecule has 10 heteroatoms. The van der Waals surface area contributed by atoms with E-state index in [1.54, 1.807) is 30.3 Å². The van der Waals surface area contributed by atoms with Gasteiger partial charge in [0, 0.05) is 4.47 Å². The van der Waals surface area contributed by atoms with E-state index in [-0.39, 0.29) is 24.3 Å². The van der Waals surface area contributed by atoms with Crippen molar-refractivity contribution in [3.8, 4) is 11.5 Å². The van der Waals surface area contributed by atoms with Crippen LogP contribution in [0.5, 0.6) is 11.5 Å². The molecule has 35 heavy (non-hydrogen) atoms. The van der Waals surface area contributed by atoms with Crippen molar-refractivity contribution in [2.45, 2.75) is 13.2 Å². The number of carbonyl (C=O) groups excluding carboxylic acids is 2. The molecule has 180 valence electrons. The molecule has 0 unspecified atom stereocenters. The minimum absolute atomic E-state index is 0.212. The van der Waals surface area contributed by atoms with E-state index in [0.29, 0.717) is 36.5 Å². The molecule has 0 spiro atoms. The van der Waals surface area contributed by atoms with Gasteiger partial charge < -0.3 is 9.47 Å². The van der Waals surface area contributed by atoms with E-state index >= 15 is 0 Å². The van der Waals surface area contributed by atoms with Crippen molar-refractivity contribution >= 4 is 84.0 Å². The van der Waals surface area contributed by atoms with Crippen LogP contribution < -0.4 is 9.47 Å². The molecule has 3 aromatic carbocycles. The Hall–Kier alpha value is -1.97. The van der Waals surface area contributed by atoms with Gasteiger partial charge in [0.15, 0.2) is 11.5 Å². The van der Waals surface area contributed by atoms with Gasteiger partial charge in [-0.2, -0.15) is 0 Å². The Morgan fingerprint density at radius 3 is 2.37 bits per heavy atom. The normalized spacial score (nSPS) is 14.7. The first kappa shape index (κ1) is 26.1. The molecule has 4 rings (SSSR count). The lowest BCUT2D eigenvalue weighted by Crippen LogP contribution is -2.27. The highest BCUT2D eigenvalue weighted by molar-refractivity contribution is 9.10. The van der Waals surface area contributed by atoms with Crippen LogP contribution in [0.1, 0.15) is 16.7 Å². The summed E-state index contributed by atoms with van der Waals surface area (Å²) in [6, 6.07) is 16.3. The number of amides is 2. The summed E-state index contributed by atoms with van der Waals surface area (Å²) < 4.78 is 13.0. The second-order valence-corrected chi connectivity index (χ2v) is 11.0. The maximum absolute atomic E-state index is 12.9. The number of halogens is 4. The Bertz CT molecular complexity index is 1330. The molecule has 0 aliphatic carbocycles. The number of ether oxygens (including phenoxy) is 2. The van der Waals surface area contributed by atoms with Gasteiger partial charge in [-0.05, 0) is 86.9 Å². The Labute approximate surface area is 233 Å². The van der Waals surface area contributed by atoms with Crippen LogP contribution >= 0.6 is 66.8 Å². The lowest BCUT2D eigenvalue weighted by atomic mass is 10.1. The molecular formula is C25H17Br2Cl2NO4S. The molecule has 5 nitrogen and oxygen atoms in total. The lowest BCUT2D eigenvalue weighted by Gasteiger charge is -2.14. The largest absolute Gasteiger partial charge is 0.493 e. The summed E-state index contributed by atoms with van der Waals surface area (Å²) in [5.41, 5.74) is 2.39. The van der Waals surface area contributed by atoms with Crippen LogP contribution in [0, 0.1) is 0 Å². The quantitative estimate of drug-likeness (QED) is 0.239. The Morgan fingerprint density at radius 1 is 0.971 bits per heavy atom. The van der Waals surface area contributed by atoms with Crippen LogP contribution in [0.25, 0.3) is 6.08 Å². The van der Waals surface area contributed by atoms with Crippen molar-refractivity contribution in [2.24, 2.45) is 0 Å². The van der Waals surface area contributed by atoms with Gasteiger partial charge in [0.25, 0.3) is 11.1 Å². The molecule has 1 saturated heterocycles. The van der Waals surface area contributed by atoms with Gasteiger partial charge >= 0.3 is 0 Å². The van der Waals surface area contributed by atoms with Crippen molar-refractivity contribution in [1.82, 2.24) is 4.90 Å². The fourth-order valence-electron chi connectivity index (χ4n) is 3.31. The molecule has 0 saturated carbocycles. The molecule has 1 aliphatic heterocycles. The van der Waals surface area contributed by atoms with E-state index in [2.05, 4.69) is 31.9 Å². The van der Waals surface area contributed by atoms with E-state index in [4.69, 9.17) is 32.7 Å². The van der Waals surface area contributed by atoms with Gasteiger partial charge in [0.2, 0.25) is 0 Å². The second kappa shape index (κ2) is 11.4. The SMILES string of the molecule is COc1cc(/C=C2\SC(=O)N(Cc3ccc(Br)cc3)C2=O)cc(Br)c1OCc1ccc(Cl)c(Cl)c1. The smallest absolute Gasteiger partial charge is 0.293 e. The van der Waals surface area contributed by atoms with Gasteiger partial charge in [0.05, 0.1) is 33.1 Å². The first-order valence-corrected chi connectivity index (χ1v) is 13.3. The highest BCUT2D eigenvalue weighted by Gasteiger charge is 2.35. The van der Waals surface area contributed by atoms with E-state index in [0.717, 1.165) is 27.4 Å². The second-order valence-electron chi connectivity index (χ2n) is 7.47. The molecular weight excluding hydrogens is 641 g/mol. The van der Waals surface area contributed by atoms with Crippen molar-refractivity contribution in [1.29, 1.82) is 0 Å². The number of nitrogens with zero attached hydrogens (tertiary/aromatic N) is 1. The predicted molar refractivity (Wildman–Crippen MR) is 147 cm³/mol. The summed E-state index contributed by atoms with van der Waals surface area (Å²) in [7, 11) is 1.53. The van der Waals surface area contributed by atoms with Gasteiger partial charge in [0.1, 0.15) is 6.61 Å². The van der Waals surface area contributed by atoms with Gasteiger partial charge in [-0.15, -0.1) is 0 Å². The number of carbonyl (C=O) groups is 2. The summed E-state index contributed by atoms with van der Waals surface area (Å²) in [6.07, 6.45) is 1.67. The first-order chi connectivity index (χ1) is 16.7. The average Bonchev–Trinajstić information content (AvgIpc) is 3.08. The fourth-order valence-corrected chi connectivity index (χ4v) is 5.31. The van der Waals surface area contributed by atoms with Gasteiger partial charge in [-0.3, -0.25) is 14.5 Å². The van der Waals surface area contributed by atoms with Crippen molar-refractivity contribution in [3.63, 3.8) is 0 Å². The Kier molecular flexibility index (Phi) is 8.50. The fraction of sp³-hybridized carbons (Fsp3) is 0.120. The van der Waals surface area contributed by atoms with Crippen LogP contribution in [-0.4, -0.2) is 23.2 Å². The molecule has 3 aromatic rings. The standard InChI is InChI=1S/C25H17Br2Cl2NO4S/c1-33-21-10-16(8-18(27)23(21)34-13-15-4-7-19(28)20(29)9-15)11-22-24(31)30(25(32)35-22)12-14-2-5-17(26)6-3-14/h2-11H,12-13H2,1H3/b22-11-. The summed E-state index contributed by atoms with van der Waals surface area (Å²) in [6.45, 7) is 0.462. The van der Waals surface area contributed by atoms with Crippen LogP contribution in [0.3, 0.4) is 0 Å². The third kappa shape index (κ3) is 6.24.